The van der Waals surface area contributed by atoms with E-state index >= 15 is 0 Å². The minimum Gasteiger partial charge on any atom is -0.322 e. The lowest BCUT2D eigenvalue weighted by atomic mass is 10.1. The molecule has 1 amide bonds. The van der Waals surface area contributed by atoms with E-state index in [0.29, 0.717) is 39.4 Å². The summed E-state index contributed by atoms with van der Waals surface area (Å²) in [4.78, 5) is 17.4. The number of pyridine rings is 1. The molecule has 0 spiro atoms. The zero-order valence-electron chi connectivity index (χ0n) is 15.2. The number of nitrogens with zero attached hydrogens (tertiary/aromatic N) is 3. The average molecular weight is 378 g/mol. The van der Waals surface area contributed by atoms with E-state index in [0.717, 1.165) is 0 Å². The summed E-state index contributed by atoms with van der Waals surface area (Å²) in [6, 6.07) is 13.2. The van der Waals surface area contributed by atoms with Gasteiger partial charge in [0, 0.05) is 11.4 Å². The molecule has 140 valence electrons. The lowest BCUT2D eigenvalue weighted by Gasteiger charge is -2.08. The first-order chi connectivity index (χ1) is 13.4. The highest BCUT2D eigenvalue weighted by Gasteiger charge is 2.20. The Labute approximate surface area is 159 Å². The van der Waals surface area contributed by atoms with Crippen molar-refractivity contribution in [3.63, 3.8) is 0 Å². The molecule has 0 atom stereocenters. The number of fused-ring (bicyclic) bond motifs is 1. The van der Waals surface area contributed by atoms with Gasteiger partial charge in [-0.05, 0) is 62.4 Å². The van der Waals surface area contributed by atoms with Gasteiger partial charge in [0.15, 0.2) is 5.65 Å². The number of anilines is 1. The summed E-state index contributed by atoms with van der Waals surface area (Å²) in [7, 11) is 0. The lowest BCUT2D eigenvalue weighted by molar-refractivity contribution is 0.102. The number of hydrogen-bond acceptors (Lipinski definition) is 3. The first kappa shape index (κ1) is 17.8. The predicted octanol–water partition coefficient (Wildman–Crippen LogP) is 4.57. The largest absolute Gasteiger partial charge is 0.322 e. The van der Waals surface area contributed by atoms with Crippen LogP contribution in [0, 0.1) is 25.5 Å². The van der Waals surface area contributed by atoms with Crippen molar-refractivity contribution in [2.45, 2.75) is 13.8 Å². The Morgan fingerprint density at radius 1 is 1.00 bits per heavy atom. The fraction of sp³-hybridized carbons (Fsp3) is 0.0952. The first-order valence-electron chi connectivity index (χ1n) is 8.62. The molecule has 2 aromatic heterocycles. The van der Waals surface area contributed by atoms with Gasteiger partial charge in [-0.3, -0.25) is 4.79 Å². The molecule has 0 aliphatic heterocycles. The number of rotatable bonds is 3. The molecule has 1 N–H and O–H groups in total. The Bertz CT molecular complexity index is 1200. The van der Waals surface area contributed by atoms with Gasteiger partial charge in [-0.2, -0.15) is 5.10 Å². The molecule has 0 saturated carbocycles. The number of aromatic nitrogens is 3. The van der Waals surface area contributed by atoms with E-state index in [1.54, 1.807) is 42.8 Å². The SMILES string of the molecule is Cc1cc(C(=O)Nc2cccc(F)c2)c2c(C)nn(-c3ccc(F)cc3)c2n1. The second-order valence-corrected chi connectivity index (χ2v) is 6.45. The number of nitrogens with one attached hydrogen (secondary N) is 1. The number of amides is 1. The van der Waals surface area contributed by atoms with Crippen molar-refractivity contribution in [1.82, 2.24) is 14.8 Å². The van der Waals surface area contributed by atoms with Gasteiger partial charge in [0.25, 0.3) is 5.91 Å². The van der Waals surface area contributed by atoms with Crippen molar-refractivity contribution >= 4 is 22.6 Å². The fourth-order valence-corrected chi connectivity index (χ4v) is 3.12. The van der Waals surface area contributed by atoms with Crippen LogP contribution >= 0.6 is 0 Å². The summed E-state index contributed by atoms with van der Waals surface area (Å²) < 4.78 is 28.3. The molecular formula is C21H16F2N4O. The van der Waals surface area contributed by atoms with Crippen LogP contribution in [0.2, 0.25) is 0 Å². The summed E-state index contributed by atoms with van der Waals surface area (Å²) in [5, 5.41) is 7.78. The number of benzene rings is 2. The number of hydrogen-bond donors (Lipinski definition) is 1. The zero-order valence-corrected chi connectivity index (χ0v) is 15.2. The van der Waals surface area contributed by atoms with Crippen LogP contribution in [-0.2, 0) is 0 Å². The third kappa shape index (κ3) is 3.22. The number of halogens is 2. The van der Waals surface area contributed by atoms with Gasteiger partial charge in [0.1, 0.15) is 11.6 Å². The van der Waals surface area contributed by atoms with Crippen molar-refractivity contribution in [1.29, 1.82) is 0 Å². The lowest BCUT2D eigenvalue weighted by Crippen LogP contribution is -2.13. The van der Waals surface area contributed by atoms with Gasteiger partial charge < -0.3 is 5.32 Å². The minimum atomic E-state index is -0.436. The molecule has 0 aliphatic carbocycles. The van der Waals surface area contributed by atoms with Crippen molar-refractivity contribution < 1.29 is 13.6 Å². The maximum Gasteiger partial charge on any atom is 0.256 e. The van der Waals surface area contributed by atoms with E-state index in [2.05, 4.69) is 15.4 Å². The van der Waals surface area contributed by atoms with E-state index in [9.17, 15) is 13.6 Å². The van der Waals surface area contributed by atoms with Crippen LogP contribution in [0.5, 0.6) is 0 Å². The smallest absolute Gasteiger partial charge is 0.256 e. The summed E-state index contributed by atoms with van der Waals surface area (Å²) in [5.41, 5.74) is 3.10. The van der Waals surface area contributed by atoms with Crippen LogP contribution in [-0.4, -0.2) is 20.7 Å². The molecular weight excluding hydrogens is 362 g/mol. The molecule has 28 heavy (non-hydrogen) atoms. The summed E-state index contributed by atoms with van der Waals surface area (Å²) in [6.07, 6.45) is 0. The minimum absolute atomic E-state index is 0.351. The second kappa shape index (κ2) is 6.84. The van der Waals surface area contributed by atoms with E-state index in [-0.39, 0.29) is 11.7 Å². The first-order valence-corrected chi connectivity index (χ1v) is 8.62. The molecule has 2 heterocycles. The van der Waals surface area contributed by atoms with Gasteiger partial charge in [-0.15, -0.1) is 0 Å². The highest BCUT2D eigenvalue weighted by molar-refractivity contribution is 6.12. The van der Waals surface area contributed by atoms with E-state index in [1.807, 2.05) is 0 Å². The van der Waals surface area contributed by atoms with Crippen LogP contribution in [0.3, 0.4) is 0 Å². The monoisotopic (exact) mass is 378 g/mol. The third-order valence-corrected chi connectivity index (χ3v) is 4.34. The molecule has 0 fully saturated rings. The highest BCUT2D eigenvalue weighted by Crippen LogP contribution is 2.26. The maximum atomic E-state index is 13.4. The highest BCUT2D eigenvalue weighted by atomic mass is 19.1. The molecule has 5 nitrogen and oxygen atoms in total. The van der Waals surface area contributed by atoms with Crippen LogP contribution in [0.4, 0.5) is 14.5 Å². The topological polar surface area (TPSA) is 59.8 Å². The molecule has 4 aromatic rings. The Hall–Kier alpha value is -3.61. The Kier molecular flexibility index (Phi) is 4.35. The van der Waals surface area contributed by atoms with Crippen LogP contribution in [0.15, 0.2) is 54.6 Å². The van der Waals surface area contributed by atoms with Crippen LogP contribution < -0.4 is 5.32 Å². The Morgan fingerprint density at radius 2 is 1.75 bits per heavy atom. The average Bonchev–Trinajstić information content (AvgIpc) is 2.98. The van der Waals surface area contributed by atoms with Gasteiger partial charge in [0.2, 0.25) is 0 Å². The van der Waals surface area contributed by atoms with Crippen LogP contribution in [0.1, 0.15) is 21.7 Å². The normalized spacial score (nSPS) is 11.0. The summed E-state index contributed by atoms with van der Waals surface area (Å²) in [6.45, 7) is 3.55. The van der Waals surface area contributed by atoms with Gasteiger partial charge >= 0.3 is 0 Å². The van der Waals surface area contributed by atoms with E-state index in [1.165, 1.54) is 30.3 Å². The van der Waals surface area contributed by atoms with E-state index in [4.69, 9.17) is 0 Å². The molecule has 0 aliphatic rings. The van der Waals surface area contributed by atoms with Crippen molar-refractivity contribution in [2.24, 2.45) is 0 Å². The Morgan fingerprint density at radius 3 is 2.46 bits per heavy atom. The molecule has 2 aromatic carbocycles. The molecule has 4 rings (SSSR count). The quantitative estimate of drug-likeness (QED) is 0.568. The molecule has 0 unspecified atom stereocenters. The van der Waals surface area contributed by atoms with Gasteiger partial charge in [0.05, 0.1) is 22.3 Å². The predicted molar refractivity (Wildman–Crippen MR) is 103 cm³/mol. The molecule has 7 heteroatoms. The maximum absolute atomic E-state index is 13.4. The van der Waals surface area contributed by atoms with Gasteiger partial charge in [-0.25, -0.2) is 18.4 Å². The fourth-order valence-electron chi connectivity index (χ4n) is 3.12. The number of carbonyl (C=O) groups is 1. The zero-order chi connectivity index (χ0) is 19.8. The molecule has 0 saturated heterocycles. The second-order valence-electron chi connectivity index (χ2n) is 6.45. The van der Waals surface area contributed by atoms with Crippen molar-refractivity contribution in [3.05, 3.63) is 83.2 Å². The number of aryl methyl sites for hydroxylation is 2. The standard InChI is InChI=1S/C21H16F2N4O/c1-12-10-18(21(28)25-16-5-3-4-15(23)11-16)19-13(2)26-27(20(19)24-12)17-8-6-14(22)7-9-17/h3-11H,1-2H3,(H,25,28). The summed E-state index contributed by atoms with van der Waals surface area (Å²) in [5.74, 6) is -1.17. The number of carbonyl (C=O) groups excluding carboxylic acids is 1. The Balaban J connectivity index is 1.83. The summed E-state index contributed by atoms with van der Waals surface area (Å²) >= 11 is 0. The van der Waals surface area contributed by atoms with Crippen LogP contribution in [0.25, 0.3) is 16.7 Å². The van der Waals surface area contributed by atoms with E-state index < -0.39 is 5.82 Å². The van der Waals surface area contributed by atoms with Crippen molar-refractivity contribution in [2.75, 3.05) is 5.32 Å². The molecule has 0 bridgehead atoms. The molecule has 0 radical (unpaired) electrons. The van der Waals surface area contributed by atoms with Crippen molar-refractivity contribution in [3.8, 4) is 5.69 Å². The van der Waals surface area contributed by atoms with Gasteiger partial charge in [-0.1, -0.05) is 6.07 Å². The third-order valence-electron chi connectivity index (χ3n) is 4.34.